The largest absolute Gasteiger partial charge is 0.464 e. The molecule has 0 aliphatic carbocycles. The van der Waals surface area contributed by atoms with E-state index in [1.165, 1.54) is 20.3 Å². The van der Waals surface area contributed by atoms with Crippen LogP contribution in [-0.4, -0.2) is 203 Å². The average Bonchev–Trinajstić information content (AvgIpc) is 0.689. The quantitative estimate of drug-likeness (QED) is 0.0642. The highest BCUT2D eigenvalue weighted by atomic mass is 16.8. The van der Waals surface area contributed by atoms with E-state index in [1.807, 2.05) is 83.1 Å². The first-order valence-corrected chi connectivity index (χ1v) is 44.0. The topological polar surface area (TPSA) is 267 Å². The molecule has 672 valence electrons. The van der Waals surface area contributed by atoms with Crippen molar-refractivity contribution in [3.8, 4) is 0 Å². The van der Waals surface area contributed by atoms with Crippen molar-refractivity contribution in [2.45, 2.75) is 339 Å². The Morgan fingerprint density at radius 3 is 0.744 bits per heavy atom. The number of hydrogen-bond donors (Lipinski definition) is 0. The minimum absolute atomic E-state index is 0.121. The van der Waals surface area contributed by atoms with Gasteiger partial charge in [-0.15, -0.1) is 30.4 Å². The SMILES string of the molecule is CCC(C(=O)ON1CCC(C)C(C)(C)C1(C)C)C(C(=O)OCC(C)(C)C1(C(C)(C)COC(=O)C(C(=O)ON2CCC(C)C(C)(C)C2(C)C)(C(=O)ON2CCC(C)C(C)(C)C2(C)C)C(CC)C(=O)ON2CCC(C)C(C)(C)C2(C)C)OCOCC12COCOC2)(C(=O)ON1CCC(C)C(C)(C)C1(C)C)C(=O)ON1CCC(C)C(C)(C)C1(C)C. The number of piperidine rings is 6. The lowest BCUT2D eigenvalue weighted by molar-refractivity contribution is -0.380. The Kier molecular flexibility index (Phi) is 27.7. The number of ether oxygens (including phenoxy) is 6. The first kappa shape index (κ1) is 97.8. The molecule has 26 nitrogen and oxygen atoms in total. The van der Waals surface area contributed by atoms with Gasteiger partial charge in [0.05, 0.1) is 89.1 Å². The van der Waals surface area contributed by atoms with Crippen molar-refractivity contribution in [2.24, 2.45) is 107 Å². The second-order valence-corrected chi connectivity index (χ2v) is 44.6. The molecule has 8 atom stereocenters. The van der Waals surface area contributed by atoms with Crippen LogP contribution in [0.3, 0.4) is 0 Å². The molecule has 0 bridgehead atoms. The summed E-state index contributed by atoms with van der Waals surface area (Å²) in [6.45, 7) is 70.2. The normalized spacial score (nSPS) is 31.6. The zero-order chi connectivity index (χ0) is 89.0. The van der Waals surface area contributed by atoms with Crippen molar-refractivity contribution >= 4 is 47.8 Å². The molecule has 8 aliphatic rings. The van der Waals surface area contributed by atoms with Crippen LogP contribution < -0.4 is 0 Å². The molecule has 0 N–H and O–H groups in total. The maximum atomic E-state index is 17.1. The fourth-order valence-corrected chi connectivity index (χ4v) is 21.0. The molecular weight excluding hydrogens is 1500 g/mol. The maximum absolute atomic E-state index is 17.1. The summed E-state index contributed by atoms with van der Waals surface area (Å²) >= 11 is 0. The number of hydrogen-bond acceptors (Lipinski definition) is 26. The van der Waals surface area contributed by atoms with Crippen LogP contribution in [-0.2, 0) is 95.8 Å². The van der Waals surface area contributed by atoms with E-state index in [0.717, 1.165) is 0 Å². The summed E-state index contributed by atoms with van der Waals surface area (Å²) < 4.78 is 39.9. The van der Waals surface area contributed by atoms with Gasteiger partial charge >= 0.3 is 47.8 Å². The van der Waals surface area contributed by atoms with E-state index in [2.05, 4.69) is 125 Å². The number of carbonyl (C=O) groups is 8. The third-order valence-corrected chi connectivity index (χ3v) is 36.2. The molecule has 0 amide bonds. The van der Waals surface area contributed by atoms with Crippen molar-refractivity contribution in [3.05, 3.63) is 0 Å². The van der Waals surface area contributed by atoms with Gasteiger partial charge in [0.2, 0.25) is 0 Å². The molecule has 8 saturated heterocycles. The fraction of sp³-hybridized carbons (Fsp3) is 0.912. The molecule has 26 heteroatoms. The summed E-state index contributed by atoms with van der Waals surface area (Å²) in [5.41, 5.74) is -21.7. The lowest BCUT2D eigenvalue weighted by Crippen LogP contribution is -2.75. The van der Waals surface area contributed by atoms with E-state index in [0.29, 0.717) is 38.5 Å². The Morgan fingerprint density at radius 2 is 0.530 bits per heavy atom. The summed E-state index contributed by atoms with van der Waals surface area (Å²) in [6, 6.07) is 0. The highest BCUT2D eigenvalue weighted by Gasteiger charge is 2.75. The van der Waals surface area contributed by atoms with Crippen LogP contribution in [0, 0.1) is 107 Å². The van der Waals surface area contributed by atoms with Gasteiger partial charge in [-0.25, -0.2) is 28.8 Å². The fourth-order valence-electron chi connectivity index (χ4n) is 21.0. The van der Waals surface area contributed by atoms with Gasteiger partial charge in [0.25, 0.3) is 10.8 Å². The van der Waals surface area contributed by atoms with Crippen LogP contribution >= 0.6 is 0 Å². The molecular formula is C91H158N6O20. The molecule has 8 heterocycles. The molecule has 0 radical (unpaired) electrons. The Bertz CT molecular complexity index is 3300. The molecule has 8 aliphatic heterocycles. The van der Waals surface area contributed by atoms with Gasteiger partial charge in [-0.2, -0.15) is 0 Å². The third-order valence-electron chi connectivity index (χ3n) is 36.2. The molecule has 0 saturated carbocycles. The Hall–Kier alpha value is -4.64. The van der Waals surface area contributed by atoms with Gasteiger partial charge in [-0.3, -0.25) is 9.59 Å². The van der Waals surface area contributed by atoms with Crippen LogP contribution in [0.2, 0.25) is 0 Å². The molecule has 0 aromatic carbocycles. The number of carbonyl (C=O) groups excluding carboxylic acids is 8. The molecule has 117 heavy (non-hydrogen) atoms. The monoisotopic (exact) mass is 1660 g/mol. The zero-order valence-corrected chi connectivity index (χ0v) is 79.3. The standard InChI is InChI=1S/C91H158N6O20/c1-37-64(66(98)112-92-45-39-58(3)76(13,14)82(92,25)26)89(70(102)114-94-47-41-60(5)78(17,18)84(94,29)30,71(103)115-95-48-42-61(6)79(19,20)85(95,31)32)68(100)109-51-74(9,10)91(88(55-108-57-111-91)53-106-56-107-54-88)75(11,12)52-110-69(101)90(72(104)116-96-49-43-62(7)80(21,22)86(96,33)34,73(105)117-97-50-44-63(8)81(23,24)87(97,35)36)65(38-2)67(99)113-93-46-40-59(4)77(15,16)83(93,27)28/h58-65H,37-57H2,1-36H3. The molecule has 8 fully saturated rings. The maximum Gasteiger partial charge on any atom is 0.355 e. The second kappa shape index (κ2) is 33.1. The summed E-state index contributed by atoms with van der Waals surface area (Å²) in [7, 11) is 0. The third kappa shape index (κ3) is 15.5. The first-order chi connectivity index (χ1) is 53.2. The first-order valence-electron chi connectivity index (χ1n) is 44.0. The highest BCUT2D eigenvalue weighted by molar-refractivity contribution is 6.21. The minimum atomic E-state index is -3.29. The van der Waals surface area contributed by atoms with Crippen LogP contribution in [0.4, 0.5) is 0 Å². The molecule has 0 aromatic rings. The van der Waals surface area contributed by atoms with Crippen LogP contribution in [0.15, 0.2) is 0 Å². The van der Waals surface area contributed by atoms with E-state index >= 15 is 38.4 Å². The number of hydroxylamine groups is 12. The summed E-state index contributed by atoms with van der Waals surface area (Å²) in [5.74, 6) is -13.9. The van der Waals surface area contributed by atoms with Crippen molar-refractivity contribution in [1.29, 1.82) is 0 Å². The van der Waals surface area contributed by atoms with Gasteiger partial charge in [-0.1, -0.05) is 166 Å². The number of esters is 2. The Labute approximate surface area is 702 Å². The van der Waals surface area contributed by atoms with Gasteiger partial charge in [0, 0.05) is 50.1 Å². The van der Waals surface area contributed by atoms with Crippen LogP contribution in [0.25, 0.3) is 0 Å². The van der Waals surface area contributed by atoms with E-state index < -0.39 is 178 Å². The van der Waals surface area contributed by atoms with Crippen molar-refractivity contribution in [2.75, 3.05) is 85.9 Å². The van der Waals surface area contributed by atoms with Crippen LogP contribution in [0.1, 0.15) is 301 Å². The minimum Gasteiger partial charge on any atom is -0.464 e. The predicted molar refractivity (Wildman–Crippen MR) is 442 cm³/mol. The van der Waals surface area contributed by atoms with Crippen molar-refractivity contribution in [1.82, 2.24) is 30.4 Å². The van der Waals surface area contributed by atoms with Gasteiger partial charge < -0.3 is 57.4 Å². The van der Waals surface area contributed by atoms with Gasteiger partial charge in [-0.05, 0) is 202 Å². The Balaban J connectivity index is 1.33. The zero-order valence-electron chi connectivity index (χ0n) is 79.3. The smallest absolute Gasteiger partial charge is 0.355 e. The second-order valence-electron chi connectivity index (χ2n) is 44.6. The number of nitrogens with zero attached hydrogens (tertiary/aromatic N) is 6. The van der Waals surface area contributed by atoms with Crippen LogP contribution in [0.5, 0.6) is 0 Å². The molecule has 8 rings (SSSR count). The van der Waals surface area contributed by atoms with Crippen molar-refractivity contribution in [3.63, 3.8) is 0 Å². The predicted octanol–water partition coefficient (Wildman–Crippen LogP) is 15.5. The average molecular weight is 1660 g/mol. The Morgan fingerprint density at radius 1 is 0.325 bits per heavy atom. The number of rotatable bonds is 24. The van der Waals surface area contributed by atoms with Gasteiger partial charge in [0.15, 0.2) is 0 Å². The molecule has 0 aromatic heterocycles. The van der Waals surface area contributed by atoms with E-state index in [1.54, 1.807) is 51.7 Å². The van der Waals surface area contributed by atoms with E-state index in [9.17, 15) is 0 Å². The molecule has 1 spiro atoms. The summed E-state index contributed by atoms with van der Waals surface area (Å²) in [6.07, 6.45) is 2.77. The van der Waals surface area contributed by atoms with Gasteiger partial charge in [0.1, 0.15) is 13.6 Å². The highest BCUT2D eigenvalue weighted by Crippen LogP contribution is 2.62. The summed E-state index contributed by atoms with van der Waals surface area (Å²) in [5, 5.41) is 9.19. The molecule has 8 unspecified atom stereocenters. The summed E-state index contributed by atoms with van der Waals surface area (Å²) in [4.78, 5) is 174. The van der Waals surface area contributed by atoms with E-state index in [-0.39, 0.29) is 114 Å². The lowest BCUT2D eigenvalue weighted by Gasteiger charge is -2.65. The van der Waals surface area contributed by atoms with Crippen molar-refractivity contribution < 1.29 is 95.8 Å². The van der Waals surface area contributed by atoms with E-state index in [4.69, 9.17) is 57.4 Å². The lowest BCUT2D eigenvalue weighted by atomic mass is 9.49.